The molecule has 0 saturated carbocycles. The van der Waals surface area contributed by atoms with Crippen molar-refractivity contribution in [3.63, 3.8) is 0 Å². The minimum absolute atomic E-state index is 0.0315. The maximum absolute atomic E-state index is 11.7. The Kier molecular flexibility index (Phi) is 4.08. The largest absolute Gasteiger partial charge is 0.492 e. The van der Waals surface area contributed by atoms with E-state index in [0.717, 1.165) is 28.9 Å². The first-order valence-electron chi connectivity index (χ1n) is 8.29. The molecule has 1 fully saturated rings. The summed E-state index contributed by atoms with van der Waals surface area (Å²) in [5, 5.41) is 11.7. The van der Waals surface area contributed by atoms with Crippen molar-refractivity contribution < 1.29 is 9.66 Å². The predicted molar refractivity (Wildman–Crippen MR) is 94.6 cm³/mol. The molecule has 1 aliphatic heterocycles. The zero-order valence-corrected chi connectivity index (χ0v) is 14.6. The molecule has 0 amide bonds. The van der Waals surface area contributed by atoms with E-state index in [-0.39, 0.29) is 22.4 Å². The van der Waals surface area contributed by atoms with Crippen LogP contribution in [0.5, 0.6) is 0 Å². The van der Waals surface area contributed by atoms with Crippen molar-refractivity contribution in [1.82, 2.24) is 0 Å². The summed E-state index contributed by atoms with van der Waals surface area (Å²) >= 11 is 0. The monoisotopic (exact) mass is 325 g/mol. The average Bonchev–Trinajstić information content (AvgIpc) is 2.85. The molecule has 2 aliphatic rings. The minimum atomic E-state index is -0.285. The minimum Gasteiger partial charge on any atom is -0.492 e. The Morgan fingerprint density at radius 2 is 1.88 bits per heavy atom. The van der Waals surface area contributed by atoms with Gasteiger partial charge in [-0.05, 0) is 45.3 Å². The molecule has 0 bridgehead atoms. The number of ether oxygens (including phenoxy) is 1. The first kappa shape index (κ1) is 16.5. The molecule has 1 aromatic rings. The lowest BCUT2D eigenvalue weighted by atomic mass is 9.76. The highest BCUT2D eigenvalue weighted by Gasteiger charge is 2.48. The van der Waals surface area contributed by atoms with Crippen molar-refractivity contribution in [3.8, 4) is 0 Å². The molecule has 1 aliphatic carbocycles. The van der Waals surface area contributed by atoms with Gasteiger partial charge in [-0.3, -0.25) is 10.1 Å². The highest BCUT2D eigenvalue weighted by atomic mass is 16.6. The van der Waals surface area contributed by atoms with E-state index in [1.807, 2.05) is 70.2 Å². The molecule has 2 atom stereocenters. The van der Waals surface area contributed by atoms with Gasteiger partial charge in [0.15, 0.2) is 0 Å². The van der Waals surface area contributed by atoms with Gasteiger partial charge in [-0.25, -0.2) is 0 Å². The number of nitrogens with zero attached hydrogens (tertiary/aromatic N) is 1. The normalized spacial score (nSPS) is 25.8. The molecule has 126 valence electrons. The van der Waals surface area contributed by atoms with Crippen LogP contribution >= 0.6 is 0 Å². The van der Waals surface area contributed by atoms with Gasteiger partial charge >= 0.3 is 0 Å². The fraction of sp³-hybridized carbons (Fsp3) is 0.400. The van der Waals surface area contributed by atoms with Crippen LogP contribution in [0.25, 0.3) is 6.08 Å². The van der Waals surface area contributed by atoms with Crippen molar-refractivity contribution in [3.05, 3.63) is 74.7 Å². The van der Waals surface area contributed by atoms with E-state index in [4.69, 9.17) is 4.74 Å². The lowest BCUT2D eigenvalue weighted by Crippen LogP contribution is -2.25. The van der Waals surface area contributed by atoms with Crippen LogP contribution < -0.4 is 0 Å². The van der Waals surface area contributed by atoms with E-state index in [1.54, 1.807) is 0 Å². The van der Waals surface area contributed by atoms with Gasteiger partial charge in [0.1, 0.15) is 11.4 Å². The Hall–Kier alpha value is -2.36. The summed E-state index contributed by atoms with van der Waals surface area (Å²) in [6.45, 7) is 7.85. The van der Waals surface area contributed by atoms with E-state index in [9.17, 15) is 10.1 Å². The van der Waals surface area contributed by atoms with Crippen LogP contribution in [-0.4, -0.2) is 10.5 Å². The Labute approximate surface area is 142 Å². The third-order valence-electron chi connectivity index (χ3n) is 4.99. The zero-order valence-electron chi connectivity index (χ0n) is 14.6. The van der Waals surface area contributed by atoms with Crippen LogP contribution in [0.4, 0.5) is 0 Å². The molecule has 2 unspecified atom stereocenters. The second kappa shape index (κ2) is 5.93. The molecule has 0 spiro atoms. The third-order valence-corrected chi connectivity index (χ3v) is 4.99. The van der Waals surface area contributed by atoms with Gasteiger partial charge < -0.3 is 4.74 Å². The third kappa shape index (κ3) is 2.88. The van der Waals surface area contributed by atoms with E-state index >= 15 is 0 Å². The number of fused-ring (bicyclic) bond motifs is 1. The predicted octanol–water partition coefficient (Wildman–Crippen LogP) is 4.97. The summed E-state index contributed by atoms with van der Waals surface area (Å²) in [5.74, 6) is 0.690. The number of nitro groups is 1. The molecule has 4 nitrogen and oxygen atoms in total. The fourth-order valence-corrected chi connectivity index (χ4v) is 3.76. The maximum Gasteiger partial charge on any atom is 0.257 e. The summed E-state index contributed by atoms with van der Waals surface area (Å²) < 4.78 is 6.13. The van der Waals surface area contributed by atoms with Crippen LogP contribution in [0, 0.1) is 22.0 Å². The van der Waals surface area contributed by atoms with Gasteiger partial charge in [0.05, 0.1) is 10.8 Å². The van der Waals surface area contributed by atoms with Crippen molar-refractivity contribution in [2.45, 2.75) is 39.7 Å². The molecule has 4 heteroatoms. The first-order chi connectivity index (χ1) is 11.3. The second-order valence-electron chi connectivity index (χ2n) is 7.22. The SMILES string of the molecule is CC1=C2OC(C)(C)CC2C(C=Cc2ccccc2)C([N+](=O)[O-])=C1C. The molecule has 0 radical (unpaired) electrons. The molecule has 24 heavy (non-hydrogen) atoms. The molecule has 1 saturated heterocycles. The summed E-state index contributed by atoms with van der Waals surface area (Å²) in [4.78, 5) is 11.5. The Morgan fingerprint density at radius 1 is 1.21 bits per heavy atom. The van der Waals surface area contributed by atoms with Crippen LogP contribution in [0.2, 0.25) is 0 Å². The Morgan fingerprint density at radius 3 is 2.50 bits per heavy atom. The molecule has 3 rings (SSSR count). The van der Waals surface area contributed by atoms with Crippen LogP contribution in [-0.2, 0) is 4.74 Å². The first-order valence-corrected chi connectivity index (χ1v) is 8.29. The van der Waals surface area contributed by atoms with Gasteiger partial charge in [0.2, 0.25) is 0 Å². The van der Waals surface area contributed by atoms with Gasteiger partial charge in [-0.15, -0.1) is 0 Å². The fourth-order valence-electron chi connectivity index (χ4n) is 3.76. The average molecular weight is 325 g/mol. The van der Waals surface area contributed by atoms with Crippen LogP contribution in [0.1, 0.15) is 39.7 Å². The van der Waals surface area contributed by atoms with Crippen molar-refractivity contribution in [2.24, 2.45) is 11.8 Å². The quantitative estimate of drug-likeness (QED) is 0.582. The zero-order chi connectivity index (χ0) is 17.5. The topological polar surface area (TPSA) is 52.4 Å². The summed E-state index contributed by atoms with van der Waals surface area (Å²) in [6, 6.07) is 9.89. The van der Waals surface area contributed by atoms with E-state index in [1.165, 1.54) is 0 Å². The van der Waals surface area contributed by atoms with Gasteiger partial charge in [-0.2, -0.15) is 0 Å². The van der Waals surface area contributed by atoms with Crippen LogP contribution in [0.3, 0.4) is 0 Å². The highest BCUT2D eigenvalue weighted by molar-refractivity contribution is 5.52. The Bertz CT molecular complexity index is 756. The molecule has 1 aromatic carbocycles. The highest BCUT2D eigenvalue weighted by Crippen LogP contribution is 2.50. The van der Waals surface area contributed by atoms with Gasteiger partial charge in [-0.1, -0.05) is 42.5 Å². The summed E-state index contributed by atoms with van der Waals surface area (Å²) in [6.07, 6.45) is 4.73. The van der Waals surface area contributed by atoms with Gasteiger partial charge in [0.25, 0.3) is 5.70 Å². The van der Waals surface area contributed by atoms with Crippen molar-refractivity contribution in [2.75, 3.05) is 0 Å². The number of allylic oxidation sites excluding steroid dienone is 4. The number of rotatable bonds is 3. The van der Waals surface area contributed by atoms with E-state index in [2.05, 4.69) is 0 Å². The van der Waals surface area contributed by atoms with E-state index in [0.29, 0.717) is 5.70 Å². The van der Waals surface area contributed by atoms with Crippen molar-refractivity contribution in [1.29, 1.82) is 0 Å². The maximum atomic E-state index is 11.7. The summed E-state index contributed by atoms with van der Waals surface area (Å²) in [7, 11) is 0. The summed E-state index contributed by atoms with van der Waals surface area (Å²) in [5.41, 5.74) is 2.71. The standard InChI is InChI=1S/C20H23NO3/c1-13-14(2)19-17(12-20(3,4)24-19)16(18(13)21(22)23)11-10-15-8-6-5-7-9-15/h5-11,16-17H,12H2,1-4H3. The molecule has 1 heterocycles. The number of benzene rings is 1. The number of hydrogen-bond donors (Lipinski definition) is 0. The second-order valence-corrected chi connectivity index (χ2v) is 7.22. The lowest BCUT2D eigenvalue weighted by Gasteiger charge is -2.25. The van der Waals surface area contributed by atoms with E-state index < -0.39 is 0 Å². The smallest absolute Gasteiger partial charge is 0.257 e. The van der Waals surface area contributed by atoms with Crippen LogP contribution in [0.15, 0.2) is 59.0 Å². The molecular formula is C20H23NO3. The molecule has 0 N–H and O–H groups in total. The number of hydrogen-bond acceptors (Lipinski definition) is 3. The van der Waals surface area contributed by atoms with Gasteiger partial charge in [0, 0.05) is 11.5 Å². The van der Waals surface area contributed by atoms with Crippen molar-refractivity contribution >= 4 is 6.08 Å². The molecular weight excluding hydrogens is 302 g/mol. The lowest BCUT2D eigenvalue weighted by molar-refractivity contribution is -0.434. The Balaban J connectivity index is 2.05. The molecule has 0 aromatic heterocycles.